The molecule has 0 aliphatic rings. The summed E-state index contributed by atoms with van der Waals surface area (Å²) in [5.41, 5.74) is 2.78. The van der Waals surface area contributed by atoms with Crippen molar-refractivity contribution in [2.75, 3.05) is 12.4 Å². The van der Waals surface area contributed by atoms with Gasteiger partial charge in [-0.2, -0.15) is 5.10 Å². The number of methoxy groups -OCH3 is 1. The van der Waals surface area contributed by atoms with Crippen molar-refractivity contribution in [1.82, 2.24) is 14.8 Å². The van der Waals surface area contributed by atoms with Crippen molar-refractivity contribution in [2.45, 2.75) is 46.8 Å². The highest BCUT2D eigenvalue weighted by molar-refractivity contribution is 6.31. The number of hydrogen-bond acceptors (Lipinski definition) is 6. The number of fused-ring (bicyclic) bond motifs is 1. The smallest absolute Gasteiger partial charge is 0.339 e. The van der Waals surface area contributed by atoms with Gasteiger partial charge >= 0.3 is 5.97 Å². The average Bonchev–Trinajstić information content (AvgIpc) is 3.13. The molecule has 0 aliphatic heterocycles. The second-order valence-corrected chi connectivity index (χ2v) is 7.98. The van der Waals surface area contributed by atoms with Crippen molar-refractivity contribution in [2.24, 2.45) is 0 Å². The van der Waals surface area contributed by atoms with E-state index in [4.69, 9.17) is 21.1 Å². The molecule has 0 spiro atoms. The largest absolute Gasteiger partial charge is 0.495 e. The summed E-state index contributed by atoms with van der Waals surface area (Å²) in [5.74, 6) is -0.705. The zero-order valence-electron chi connectivity index (χ0n) is 18.3. The summed E-state index contributed by atoms with van der Waals surface area (Å²) in [7, 11) is 1.48. The van der Waals surface area contributed by atoms with Crippen molar-refractivity contribution in [3.8, 4) is 5.75 Å². The van der Waals surface area contributed by atoms with E-state index in [2.05, 4.69) is 15.4 Å². The van der Waals surface area contributed by atoms with Crippen LogP contribution in [0.15, 0.2) is 24.4 Å². The third-order valence-electron chi connectivity index (χ3n) is 4.80. The number of esters is 1. The van der Waals surface area contributed by atoms with Crippen LogP contribution in [0.4, 0.5) is 5.69 Å². The first-order chi connectivity index (χ1) is 14.6. The van der Waals surface area contributed by atoms with Gasteiger partial charge < -0.3 is 14.8 Å². The maximum Gasteiger partial charge on any atom is 0.339 e. The van der Waals surface area contributed by atoms with Crippen molar-refractivity contribution < 1.29 is 19.1 Å². The van der Waals surface area contributed by atoms with Crippen LogP contribution in [0, 0.1) is 13.8 Å². The topological polar surface area (TPSA) is 95.3 Å². The standard InChI is InChI=1S/C22H25ClN4O4/c1-11(2)27-20-16(10-24-27)15(8-13(4)25-20)22(29)31-14(5)21(28)26-18-7-12(3)17(23)9-19(18)30-6/h7-11,14H,1-6H3,(H,26,28). The number of aromatic nitrogens is 3. The molecular formula is C22H25ClN4O4. The van der Waals surface area contributed by atoms with Crippen LogP contribution >= 0.6 is 11.6 Å². The number of rotatable bonds is 6. The monoisotopic (exact) mass is 444 g/mol. The molecule has 0 bridgehead atoms. The highest BCUT2D eigenvalue weighted by Crippen LogP contribution is 2.31. The quantitative estimate of drug-likeness (QED) is 0.563. The van der Waals surface area contributed by atoms with Crippen LogP contribution in [0.5, 0.6) is 5.75 Å². The normalized spacial score (nSPS) is 12.1. The van der Waals surface area contributed by atoms with Crippen molar-refractivity contribution in [3.63, 3.8) is 0 Å². The number of hydrogen-bond donors (Lipinski definition) is 1. The lowest BCUT2D eigenvalue weighted by Crippen LogP contribution is -2.30. The molecule has 164 valence electrons. The van der Waals surface area contributed by atoms with E-state index < -0.39 is 18.0 Å². The van der Waals surface area contributed by atoms with Crippen LogP contribution in [0.1, 0.15) is 48.4 Å². The van der Waals surface area contributed by atoms with E-state index in [1.54, 1.807) is 36.0 Å². The van der Waals surface area contributed by atoms with Gasteiger partial charge in [-0.05, 0) is 52.3 Å². The SMILES string of the molecule is COc1cc(Cl)c(C)cc1NC(=O)C(C)OC(=O)c1cc(C)nc2c1cnn2C(C)C. The molecule has 3 rings (SSSR count). The lowest BCUT2D eigenvalue weighted by Gasteiger charge is -2.16. The van der Waals surface area contributed by atoms with Gasteiger partial charge in [0.15, 0.2) is 11.8 Å². The number of pyridine rings is 1. The number of nitrogens with zero attached hydrogens (tertiary/aromatic N) is 3. The number of ether oxygens (including phenoxy) is 2. The summed E-state index contributed by atoms with van der Waals surface area (Å²) in [4.78, 5) is 30.0. The Morgan fingerprint density at radius 2 is 1.87 bits per heavy atom. The fraction of sp³-hybridized carbons (Fsp3) is 0.364. The van der Waals surface area contributed by atoms with Crippen molar-refractivity contribution in [3.05, 3.63) is 46.2 Å². The molecule has 8 nitrogen and oxygen atoms in total. The number of amides is 1. The minimum atomic E-state index is -1.04. The highest BCUT2D eigenvalue weighted by Gasteiger charge is 2.23. The molecule has 1 N–H and O–H groups in total. The van der Waals surface area contributed by atoms with Crippen LogP contribution < -0.4 is 10.1 Å². The molecule has 0 aliphatic carbocycles. The van der Waals surface area contributed by atoms with E-state index in [0.717, 1.165) is 5.56 Å². The second kappa shape index (κ2) is 8.93. The summed E-state index contributed by atoms with van der Waals surface area (Å²) in [6.07, 6.45) is 0.543. The Balaban J connectivity index is 1.81. The predicted octanol–water partition coefficient (Wildman–Crippen LogP) is 4.48. The van der Waals surface area contributed by atoms with Gasteiger partial charge in [0.2, 0.25) is 0 Å². The summed E-state index contributed by atoms with van der Waals surface area (Å²) in [6, 6.07) is 5.03. The number of halogens is 1. The van der Waals surface area contributed by atoms with Gasteiger partial charge in [0, 0.05) is 22.8 Å². The van der Waals surface area contributed by atoms with Gasteiger partial charge in [-0.3, -0.25) is 4.79 Å². The lowest BCUT2D eigenvalue weighted by atomic mass is 10.1. The highest BCUT2D eigenvalue weighted by atomic mass is 35.5. The Kier molecular flexibility index (Phi) is 6.50. The number of nitrogens with one attached hydrogen (secondary N) is 1. The number of carbonyl (C=O) groups is 2. The Morgan fingerprint density at radius 1 is 1.16 bits per heavy atom. The Morgan fingerprint density at radius 3 is 2.52 bits per heavy atom. The van der Waals surface area contributed by atoms with E-state index in [1.807, 2.05) is 20.8 Å². The maximum atomic E-state index is 12.9. The second-order valence-electron chi connectivity index (χ2n) is 7.57. The van der Waals surface area contributed by atoms with E-state index >= 15 is 0 Å². The van der Waals surface area contributed by atoms with Gasteiger partial charge in [-0.15, -0.1) is 0 Å². The van der Waals surface area contributed by atoms with Gasteiger partial charge in [-0.25, -0.2) is 14.5 Å². The number of benzene rings is 1. The zero-order valence-corrected chi connectivity index (χ0v) is 19.1. The maximum absolute atomic E-state index is 12.9. The van der Waals surface area contributed by atoms with Crippen LogP contribution in [0.3, 0.4) is 0 Å². The first kappa shape index (κ1) is 22.6. The molecule has 0 saturated carbocycles. The van der Waals surface area contributed by atoms with Crippen molar-refractivity contribution >= 4 is 40.2 Å². The minimum Gasteiger partial charge on any atom is -0.495 e. The molecule has 3 aromatic rings. The first-order valence-corrected chi connectivity index (χ1v) is 10.2. The third kappa shape index (κ3) is 4.64. The summed E-state index contributed by atoms with van der Waals surface area (Å²) >= 11 is 6.11. The molecule has 1 aromatic carbocycles. The fourth-order valence-corrected chi connectivity index (χ4v) is 3.29. The summed E-state index contributed by atoms with van der Waals surface area (Å²) in [6.45, 7) is 9.07. The van der Waals surface area contributed by atoms with E-state index in [1.165, 1.54) is 14.0 Å². The van der Waals surface area contributed by atoms with Gasteiger partial charge in [0.05, 0.1) is 29.9 Å². The van der Waals surface area contributed by atoms with Crippen LogP contribution in [0.2, 0.25) is 5.02 Å². The van der Waals surface area contributed by atoms with Crippen molar-refractivity contribution in [1.29, 1.82) is 0 Å². The number of carbonyl (C=O) groups excluding carboxylic acids is 2. The van der Waals surface area contributed by atoms with Gasteiger partial charge in [-0.1, -0.05) is 11.6 Å². The first-order valence-electron chi connectivity index (χ1n) is 9.83. The number of aryl methyl sites for hydroxylation is 2. The Labute approximate surface area is 185 Å². The zero-order chi connectivity index (χ0) is 22.9. The predicted molar refractivity (Wildman–Crippen MR) is 119 cm³/mol. The Bertz CT molecular complexity index is 1160. The van der Waals surface area contributed by atoms with Gasteiger partial charge in [0.25, 0.3) is 5.91 Å². The summed E-state index contributed by atoms with van der Waals surface area (Å²) < 4.78 is 12.5. The average molecular weight is 445 g/mol. The third-order valence-corrected chi connectivity index (χ3v) is 5.20. The molecule has 0 saturated heterocycles. The Hall–Kier alpha value is -3.13. The molecule has 0 radical (unpaired) electrons. The minimum absolute atomic E-state index is 0.0817. The fourth-order valence-electron chi connectivity index (χ4n) is 3.13. The molecular weight excluding hydrogens is 420 g/mol. The summed E-state index contributed by atoms with van der Waals surface area (Å²) in [5, 5.41) is 8.15. The molecule has 1 atom stereocenters. The lowest BCUT2D eigenvalue weighted by molar-refractivity contribution is -0.123. The molecule has 1 amide bonds. The molecule has 1 unspecified atom stereocenters. The molecule has 0 fully saturated rings. The van der Waals surface area contributed by atoms with Crippen LogP contribution in [-0.2, 0) is 9.53 Å². The number of anilines is 1. The van der Waals surface area contributed by atoms with Crippen LogP contribution in [0.25, 0.3) is 11.0 Å². The molecule has 31 heavy (non-hydrogen) atoms. The van der Waals surface area contributed by atoms with E-state index in [0.29, 0.717) is 38.8 Å². The van der Waals surface area contributed by atoms with E-state index in [-0.39, 0.29) is 6.04 Å². The molecule has 2 heterocycles. The van der Waals surface area contributed by atoms with Crippen LogP contribution in [-0.4, -0.2) is 39.9 Å². The van der Waals surface area contributed by atoms with Gasteiger partial charge in [0.1, 0.15) is 5.75 Å². The molecule has 2 aromatic heterocycles. The van der Waals surface area contributed by atoms with E-state index in [9.17, 15) is 9.59 Å². The molecule has 9 heteroatoms.